The summed E-state index contributed by atoms with van der Waals surface area (Å²) in [7, 11) is -8.65. The maximum absolute atomic E-state index is 6.18. The van der Waals surface area contributed by atoms with Crippen molar-refractivity contribution < 1.29 is 51.9 Å². The minimum atomic E-state index is -2.15. The van der Waals surface area contributed by atoms with Gasteiger partial charge in [0.15, 0.2) is 9.76 Å². The van der Waals surface area contributed by atoms with Crippen LogP contribution in [-0.2, 0) is 42.4 Å². The van der Waals surface area contributed by atoms with Crippen molar-refractivity contribution in [1.29, 1.82) is 0 Å². The van der Waals surface area contributed by atoms with Gasteiger partial charge in [0.2, 0.25) is 0 Å². The fourth-order valence-corrected chi connectivity index (χ4v) is 19.5. The van der Waals surface area contributed by atoms with Crippen molar-refractivity contribution in [3.63, 3.8) is 0 Å². The van der Waals surface area contributed by atoms with Gasteiger partial charge in [0.05, 0.1) is 13.2 Å². The van der Waals surface area contributed by atoms with Crippen LogP contribution in [0.3, 0.4) is 0 Å². The maximum atomic E-state index is 6.18. The lowest BCUT2D eigenvalue weighted by Crippen LogP contribution is -2.40. The van der Waals surface area contributed by atoms with E-state index in [1.165, 1.54) is 5.19 Å². The van der Waals surface area contributed by atoms with E-state index in [2.05, 4.69) is 12.1 Å². The molecule has 0 amide bonds. The molecule has 2 heterocycles. The second kappa shape index (κ2) is 18.9. The molecule has 12 nitrogen and oxygen atoms in total. The van der Waals surface area contributed by atoms with Gasteiger partial charge in [-0.2, -0.15) is 0 Å². The third kappa shape index (κ3) is 13.9. The summed E-state index contributed by atoms with van der Waals surface area (Å²) in [5.41, 5.74) is 0. The van der Waals surface area contributed by atoms with Crippen molar-refractivity contribution in [3.05, 3.63) is 48.5 Å². The molecule has 2 aliphatic rings. The van der Waals surface area contributed by atoms with Crippen LogP contribution in [0.15, 0.2) is 48.5 Å². The van der Waals surface area contributed by atoms with E-state index in [1.807, 2.05) is 36.4 Å². The van der Waals surface area contributed by atoms with Crippen molar-refractivity contribution in [1.82, 2.24) is 0 Å². The number of hydrogen-bond acceptors (Lipinski definition) is 12. The summed E-state index contributed by atoms with van der Waals surface area (Å²) in [4.78, 5) is 0. The van der Waals surface area contributed by atoms with E-state index in [0.717, 1.165) is 40.4 Å². The number of ether oxygens (including phenoxy) is 4. The lowest BCUT2D eigenvalue weighted by Gasteiger charge is -2.18. The second-order valence-electron chi connectivity index (χ2n) is 8.57. The molecule has 0 aromatic heterocycles. The van der Waals surface area contributed by atoms with Gasteiger partial charge in [-0.1, -0.05) is 24.3 Å². The van der Waals surface area contributed by atoms with Crippen LogP contribution in [0.4, 0.5) is 0 Å². The number of rotatable bonds is 23. The van der Waals surface area contributed by atoms with Gasteiger partial charge in [-0.15, -0.1) is 0 Å². The summed E-state index contributed by atoms with van der Waals surface area (Å²) >= 11 is 0. The first-order valence-electron chi connectivity index (χ1n) is 12.6. The highest BCUT2D eigenvalue weighted by molar-refractivity contribution is 6.69. The van der Waals surface area contributed by atoms with E-state index in [4.69, 9.17) is 51.9 Å². The zero-order valence-corrected chi connectivity index (χ0v) is 35.1. The van der Waals surface area contributed by atoms with Crippen molar-refractivity contribution in [3.8, 4) is 11.5 Å². The van der Waals surface area contributed by atoms with E-state index < -0.39 is 79.1 Å². The molecule has 0 N–H and O–H groups in total. The van der Waals surface area contributed by atoms with Gasteiger partial charge >= 0.3 is 9.28 Å². The zero-order chi connectivity index (χ0) is 27.0. The van der Waals surface area contributed by atoms with Crippen LogP contribution in [0.2, 0.25) is 0 Å². The summed E-state index contributed by atoms with van der Waals surface area (Å²) in [6.07, 6.45) is 0.477. The fourth-order valence-electron chi connectivity index (χ4n) is 3.13. The topological polar surface area (TPSA) is 117 Å². The number of benzene rings is 2. The highest BCUT2D eigenvalue weighted by Gasteiger charge is 2.24. The van der Waals surface area contributed by atoms with E-state index in [-0.39, 0.29) is 12.2 Å². The van der Waals surface area contributed by atoms with Crippen LogP contribution in [-0.4, -0.2) is 128 Å². The molecule has 0 spiro atoms. The molecule has 2 aliphatic heterocycles. The first-order valence-corrected chi connectivity index (χ1v) is 23.1. The Morgan fingerprint density at radius 3 is 1.69 bits per heavy atom. The zero-order valence-electron chi connectivity index (χ0n) is 22.0. The molecule has 0 saturated carbocycles. The molecule has 0 aliphatic carbocycles. The number of hydrogen-bond donors (Lipinski definition) is 0. The lowest BCUT2D eigenvalue weighted by atomic mass is 10.3. The van der Waals surface area contributed by atoms with Gasteiger partial charge in [0.25, 0.3) is 60.0 Å². The molecular weight excluding hydrogens is 661 g/mol. The average molecular weight is 697 g/mol. The lowest BCUT2D eigenvalue weighted by molar-refractivity contribution is 0.263. The molecule has 39 heavy (non-hydrogen) atoms. The van der Waals surface area contributed by atoms with Crippen LogP contribution < -0.4 is 19.8 Å². The monoisotopic (exact) mass is 696 g/mol. The largest absolute Gasteiger partial charge is 0.491 e. The van der Waals surface area contributed by atoms with Crippen LogP contribution in [0.25, 0.3) is 0 Å². The summed E-state index contributed by atoms with van der Waals surface area (Å²) in [5, 5.41) is 2.24. The minimum Gasteiger partial charge on any atom is -0.491 e. The van der Waals surface area contributed by atoms with Crippen LogP contribution >= 0.6 is 0 Å². The van der Waals surface area contributed by atoms with Crippen molar-refractivity contribution >= 4 is 99.9 Å². The SMILES string of the molecule is [SiH3]O[SiH2]O[SiH2]O[SiH2]O[SiH2]O[SiH](O[SiH2]O[SiH2]O[SiH2]c1ccc(OCC2CO2)cc1)c1ccc(OCC2CO2)cc1. The fraction of sp³-hybridized carbons (Fsp3) is 0.333. The van der Waals surface area contributed by atoms with Gasteiger partial charge in [-0.05, 0) is 34.6 Å². The molecule has 4 rings (SSSR count). The van der Waals surface area contributed by atoms with Gasteiger partial charge < -0.3 is 51.9 Å². The highest BCUT2D eigenvalue weighted by atomic mass is 28.4. The summed E-state index contributed by atoms with van der Waals surface area (Å²) < 4.78 is 67.7. The third-order valence-electron chi connectivity index (χ3n) is 5.33. The maximum Gasteiger partial charge on any atom is 0.337 e. The predicted molar refractivity (Wildman–Crippen MR) is 168 cm³/mol. The number of epoxide rings is 2. The Kier molecular flexibility index (Phi) is 15.3. The molecule has 2 aromatic rings. The van der Waals surface area contributed by atoms with Gasteiger partial charge in [-0.3, -0.25) is 0 Å². The summed E-state index contributed by atoms with van der Waals surface area (Å²) in [5.74, 6) is 1.66. The first kappa shape index (κ1) is 31.5. The first-order chi connectivity index (χ1) is 19.3. The normalized spacial score (nSPS) is 20.8. The molecular formula is C18H36O12Si9. The van der Waals surface area contributed by atoms with Crippen molar-refractivity contribution in [2.75, 3.05) is 26.4 Å². The summed E-state index contributed by atoms with van der Waals surface area (Å²) in [6.45, 7) is 2.75. The molecule has 2 aromatic carbocycles. The molecule has 2 saturated heterocycles. The van der Waals surface area contributed by atoms with E-state index in [9.17, 15) is 0 Å². The molecule has 216 valence electrons. The Balaban J connectivity index is 1.13. The predicted octanol–water partition coefficient (Wildman–Crippen LogP) is -7.52. The quantitative estimate of drug-likeness (QED) is 0.0625. The van der Waals surface area contributed by atoms with Crippen molar-refractivity contribution in [2.24, 2.45) is 0 Å². The molecule has 3 unspecified atom stereocenters. The van der Waals surface area contributed by atoms with Crippen LogP contribution in [0.1, 0.15) is 0 Å². The molecule has 0 bridgehead atoms. The Hall–Kier alpha value is -0.408. The van der Waals surface area contributed by atoms with E-state index >= 15 is 0 Å². The Bertz CT molecular complexity index is 927. The van der Waals surface area contributed by atoms with Gasteiger partial charge in [-0.25, -0.2) is 0 Å². The molecule has 2 fully saturated rings. The Labute approximate surface area is 249 Å². The standard InChI is InChI=1S/C18H36O12Si9/c31-23-33-25-35-26-36-28-38-30-39(18-7-3-14(4-8-18)20-10-16-12-22-16)29-37-27-34-24-32-17-5-1-13(2-6-17)19-9-15-11-21-15/h1-8,15-16,39H,9-12,32-38H2,31H3. The molecule has 3 atom stereocenters. The van der Waals surface area contributed by atoms with Crippen LogP contribution in [0, 0.1) is 0 Å². The molecule has 0 radical (unpaired) electrons. The highest BCUT2D eigenvalue weighted by Crippen LogP contribution is 2.14. The van der Waals surface area contributed by atoms with Crippen molar-refractivity contribution in [2.45, 2.75) is 12.2 Å². The molecule has 21 heteroatoms. The van der Waals surface area contributed by atoms with Gasteiger partial charge in [0, 0.05) is 0 Å². The van der Waals surface area contributed by atoms with E-state index in [0.29, 0.717) is 13.2 Å². The van der Waals surface area contributed by atoms with Crippen LogP contribution in [0.5, 0.6) is 11.5 Å². The Morgan fingerprint density at radius 1 is 0.667 bits per heavy atom. The van der Waals surface area contributed by atoms with Gasteiger partial charge in [0.1, 0.15) is 47.4 Å². The minimum absolute atomic E-state index is 0.221. The summed E-state index contributed by atoms with van der Waals surface area (Å²) in [6, 6.07) is 16.0. The smallest absolute Gasteiger partial charge is 0.337 e. The Morgan fingerprint density at radius 2 is 1.15 bits per heavy atom. The third-order valence-corrected chi connectivity index (χ3v) is 18.3. The average Bonchev–Trinajstić information content (AvgIpc) is 3.90. The van der Waals surface area contributed by atoms with E-state index in [1.54, 1.807) is 0 Å². The second-order valence-corrected chi connectivity index (χ2v) is 25.6.